The van der Waals surface area contributed by atoms with Crippen molar-refractivity contribution in [1.82, 2.24) is 19.2 Å². The van der Waals surface area contributed by atoms with Gasteiger partial charge in [-0.3, -0.25) is 4.79 Å². The van der Waals surface area contributed by atoms with Gasteiger partial charge in [0.2, 0.25) is 15.8 Å². The van der Waals surface area contributed by atoms with E-state index < -0.39 is 10.0 Å². The van der Waals surface area contributed by atoms with E-state index in [1.165, 1.54) is 16.7 Å². The monoisotopic (exact) mass is 535 g/mol. The lowest BCUT2D eigenvalue weighted by Crippen LogP contribution is -2.57. The number of nitrogens with zero attached hydrogens (tertiary/aromatic N) is 5. The van der Waals surface area contributed by atoms with E-state index in [9.17, 15) is 18.4 Å². The Labute approximate surface area is 218 Å². The summed E-state index contributed by atoms with van der Waals surface area (Å²) in [4.78, 5) is 23.8. The maximum atomic E-state index is 13.5. The zero-order chi connectivity index (χ0) is 25.7. The van der Waals surface area contributed by atoms with Gasteiger partial charge in [-0.1, -0.05) is 23.7 Å². The normalized spacial score (nSPS) is 19.9. The number of pyridine rings is 1. The van der Waals surface area contributed by atoms with Gasteiger partial charge >= 0.3 is 0 Å². The van der Waals surface area contributed by atoms with Crippen molar-refractivity contribution in [2.24, 2.45) is 0 Å². The molecule has 0 saturated carbocycles. The number of sulfonamides is 1. The van der Waals surface area contributed by atoms with Gasteiger partial charge in [-0.05, 0) is 53.4 Å². The standard InChI is InChI=1S/C26H22ClN5O4S/c27-21-3-1-19-12-24(6-2-18(19)11-21)37(35,36)31-15-22-4-5-23(16-31)32(22)26(33)25-28-13-20(14-29-25)17-7-9-30(34)10-8-17/h1-3,6-14,22-23H,4-5,15-16H2. The lowest BCUT2D eigenvalue weighted by molar-refractivity contribution is -0.605. The predicted octanol–water partition coefficient (Wildman–Crippen LogP) is 3.26. The molecule has 0 N–H and O–H groups in total. The van der Waals surface area contributed by atoms with Gasteiger partial charge in [-0.15, -0.1) is 0 Å². The molecule has 2 aliphatic rings. The quantitative estimate of drug-likeness (QED) is 0.293. The van der Waals surface area contributed by atoms with Crippen LogP contribution in [0.15, 0.2) is 78.2 Å². The molecular formula is C26H22ClN5O4S. The highest BCUT2D eigenvalue weighted by Crippen LogP contribution is 2.34. The summed E-state index contributed by atoms with van der Waals surface area (Å²) in [5.41, 5.74) is 1.45. The van der Waals surface area contributed by atoms with Crippen LogP contribution in [-0.4, -0.2) is 58.7 Å². The number of hydrogen-bond acceptors (Lipinski definition) is 6. The van der Waals surface area contributed by atoms with E-state index in [4.69, 9.17) is 11.6 Å². The molecule has 188 valence electrons. The van der Waals surface area contributed by atoms with Gasteiger partial charge < -0.3 is 10.1 Å². The summed E-state index contributed by atoms with van der Waals surface area (Å²) in [6, 6.07) is 13.2. The summed E-state index contributed by atoms with van der Waals surface area (Å²) >= 11 is 6.05. The van der Waals surface area contributed by atoms with E-state index in [1.54, 1.807) is 65.8 Å². The number of carbonyl (C=O) groups excluding carboxylic acids is 1. The lowest BCUT2D eigenvalue weighted by Gasteiger charge is -2.40. The van der Waals surface area contributed by atoms with Crippen molar-refractivity contribution in [1.29, 1.82) is 0 Å². The number of hydrogen-bond donors (Lipinski definition) is 0. The van der Waals surface area contributed by atoms with Crippen LogP contribution in [0, 0.1) is 5.21 Å². The van der Waals surface area contributed by atoms with E-state index in [-0.39, 0.29) is 41.8 Å². The number of amides is 1. The molecule has 2 aromatic heterocycles. The Balaban J connectivity index is 1.20. The minimum Gasteiger partial charge on any atom is -0.619 e. The largest absolute Gasteiger partial charge is 0.619 e. The minimum atomic E-state index is -3.74. The van der Waals surface area contributed by atoms with Crippen molar-refractivity contribution in [3.8, 4) is 11.1 Å². The smallest absolute Gasteiger partial charge is 0.292 e. The van der Waals surface area contributed by atoms with E-state index in [1.807, 2.05) is 0 Å². The maximum absolute atomic E-state index is 13.5. The molecule has 4 heterocycles. The number of benzene rings is 2. The zero-order valence-electron chi connectivity index (χ0n) is 19.6. The summed E-state index contributed by atoms with van der Waals surface area (Å²) in [6.45, 7) is 0.445. The van der Waals surface area contributed by atoms with Crippen molar-refractivity contribution in [2.75, 3.05) is 13.1 Å². The van der Waals surface area contributed by atoms with Crippen molar-refractivity contribution in [3.63, 3.8) is 0 Å². The third-order valence-electron chi connectivity index (χ3n) is 7.07. The first-order valence-corrected chi connectivity index (χ1v) is 13.6. The molecule has 1 amide bonds. The molecule has 2 bridgehead atoms. The van der Waals surface area contributed by atoms with Gasteiger partial charge in [0.25, 0.3) is 5.91 Å². The van der Waals surface area contributed by atoms with Crippen LogP contribution in [0.1, 0.15) is 23.5 Å². The van der Waals surface area contributed by atoms with Crippen molar-refractivity contribution >= 4 is 38.3 Å². The van der Waals surface area contributed by atoms with Crippen LogP contribution in [-0.2, 0) is 10.0 Å². The number of aromatic nitrogens is 3. The zero-order valence-corrected chi connectivity index (χ0v) is 21.1. The fourth-order valence-electron chi connectivity index (χ4n) is 5.20. The maximum Gasteiger partial charge on any atom is 0.292 e. The van der Waals surface area contributed by atoms with Crippen molar-refractivity contribution in [3.05, 3.63) is 89.4 Å². The summed E-state index contributed by atoms with van der Waals surface area (Å²) in [5, 5.41) is 13.5. The molecular weight excluding hydrogens is 514 g/mol. The Morgan fingerprint density at radius 3 is 2.22 bits per heavy atom. The molecule has 2 aromatic carbocycles. The second kappa shape index (κ2) is 9.05. The number of rotatable bonds is 4. The summed E-state index contributed by atoms with van der Waals surface area (Å²) in [6.07, 6.45) is 7.31. The molecule has 2 atom stereocenters. The van der Waals surface area contributed by atoms with Gasteiger partial charge in [0, 0.05) is 60.3 Å². The molecule has 4 aromatic rings. The van der Waals surface area contributed by atoms with Gasteiger partial charge in [0.15, 0.2) is 12.4 Å². The minimum absolute atomic E-state index is 0.0694. The van der Waals surface area contributed by atoms with Gasteiger partial charge in [0.05, 0.1) is 4.90 Å². The number of halogens is 1. The van der Waals surface area contributed by atoms with Gasteiger partial charge in [0.1, 0.15) is 0 Å². The van der Waals surface area contributed by atoms with Crippen LogP contribution in [0.5, 0.6) is 0 Å². The molecule has 0 aliphatic carbocycles. The molecule has 11 heteroatoms. The Morgan fingerprint density at radius 2 is 1.54 bits per heavy atom. The first-order chi connectivity index (χ1) is 17.8. The number of carbonyl (C=O) groups is 1. The van der Waals surface area contributed by atoms with Crippen LogP contribution < -0.4 is 4.73 Å². The third-order valence-corrected chi connectivity index (χ3v) is 9.14. The van der Waals surface area contributed by atoms with Crippen LogP contribution in [0.3, 0.4) is 0 Å². The van der Waals surface area contributed by atoms with Gasteiger partial charge in [-0.2, -0.15) is 9.04 Å². The highest BCUT2D eigenvalue weighted by Gasteiger charge is 2.46. The van der Waals surface area contributed by atoms with Crippen molar-refractivity contribution in [2.45, 2.75) is 29.8 Å². The number of fused-ring (bicyclic) bond motifs is 3. The average Bonchev–Trinajstić information content (AvgIpc) is 3.16. The fraction of sp³-hybridized carbons (Fsp3) is 0.231. The first-order valence-electron chi connectivity index (χ1n) is 11.8. The van der Waals surface area contributed by atoms with Crippen LogP contribution >= 0.6 is 11.6 Å². The molecule has 2 unspecified atom stereocenters. The SMILES string of the molecule is O=C(c1ncc(-c2cc[n+]([O-])cc2)cn1)N1C2CCC1CN(S(=O)(=O)c1ccc3cc(Cl)ccc3c1)C2. The van der Waals surface area contributed by atoms with E-state index >= 15 is 0 Å². The molecule has 6 rings (SSSR count). The number of piperazine rings is 1. The first kappa shape index (κ1) is 23.8. The molecule has 37 heavy (non-hydrogen) atoms. The van der Waals surface area contributed by atoms with E-state index in [0.717, 1.165) is 29.2 Å². The van der Waals surface area contributed by atoms with Gasteiger partial charge in [-0.25, -0.2) is 18.4 Å². The highest BCUT2D eigenvalue weighted by atomic mass is 35.5. The van der Waals surface area contributed by atoms with Crippen molar-refractivity contribution < 1.29 is 17.9 Å². The highest BCUT2D eigenvalue weighted by molar-refractivity contribution is 7.89. The summed E-state index contributed by atoms with van der Waals surface area (Å²) in [7, 11) is -3.74. The van der Waals surface area contributed by atoms with Crippen LogP contribution in [0.2, 0.25) is 5.02 Å². The second-order valence-corrected chi connectivity index (χ2v) is 11.7. The Morgan fingerprint density at radius 1 is 0.919 bits per heavy atom. The Bertz CT molecular complexity index is 1600. The molecule has 0 radical (unpaired) electrons. The molecule has 2 fully saturated rings. The Hall–Kier alpha value is -3.60. The van der Waals surface area contributed by atoms with E-state index in [2.05, 4.69) is 9.97 Å². The molecule has 9 nitrogen and oxygen atoms in total. The summed E-state index contributed by atoms with van der Waals surface area (Å²) in [5.74, 6) is -0.232. The fourth-order valence-corrected chi connectivity index (χ4v) is 6.94. The third kappa shape index (κ3) is 4.30. The topological polar surface area (TPSA) is 110 Å². The molecule has 2 aliphatic heterocycles. The lowest BCUT2D eigenvalue weighted by atomic mass is 10.1. The second-order valence-electron chi connectivity index (χ2n) is 9.31. The molecule has 0 spiro atoms. The predicted molar refractivity (Wildman–Crippen MR) is 137 cm³/mol. The van der Waals surface area contributed by atoms with E-state index in [0.29, 0.717) is 15.3 Å². The average molecular weight is 536 g/mol. The van der Waals surface area contributed by atoms with Crippen LogP contribution in [0.25, 0.3) is 21.9 Å². The molecule has 2 saturated heterocycles. The Kier molecular flexibility index (Phi) is 5.82. The summed E-state index contributed by atoms with van der Waals surface area (Å²) < 4.78 is 29.2. The van der Waals surface area contributed by atoms with Crippen LogP contribution in [0.4, 0.5) is 0 Å².